The number of fused-ring (bicyclic) bond motifs is 1. The SMILES string of the molecule is CCC(C)COc1cc(OC)c(CN(Cc2ccccc2)c2cc3c(cc2C)OC(C)(CNC)C=C3)c(OC)c1. The van der Waals surface area contributed by atoms with Crippen LogP contribution < -0.4 is 29.2 Å². The second kappa shape index (κ2) is 13.1. The number of nitrogens with one attached hydrogen (secondary N) is 1. The van der Waals surface area contributed by atoms with Crippen molar-refractivity contribution in [1.29, 1.82) is 0 Å². The highest BCUT2D eigenvalue weighted by Gasteiger charge is 2.28. The molecule has 6 heteroatoms. The Kier molecular flexibility index (Phi) is 9.64. The Morgan fingerprint density at radius 1 is 1.00 bits per heavy atom. The minimum absolute atomic E-state index is 0.376. The molecule has 40 heavy (non-hydrogen) atoms. The number of aryl methyl sites for hydroxylation is 1. The first kappa shape index (κ1) is 29.3. The van der Waals surface area contributed by atoms with Crippen molar-refractivity contribution in [1.82, 2.24) is 5.32 Å². The lowest BCUT2D eigenvalue weighted by Crippen LogP contribution is -2.41. The maximum absolute atomic E-state index is 6.42. The topological polar surface area (TPSA) is 52.2 Å². The van der Waals surface area contributed by atoms with Crippen LogP contribution in [0.3, 0.4) is 0 Å². The first-order chi connectivity index (χ1) is 19.3. The third-order valence-corrected chi connectivity index (χ3v) is 7.53. The van der Waals surface area contributed by atoms with E-state index in [2.05, 4.69) is 86.5 Å². The third kappa shape index (κ3) is 6.92. The van der Waals surface area contributed by atoms with Crippen LogP contribution in [0.15, 0.2) is 60.7 Å². The fourth-order valence-corrected chi connectivity index (χ4v) is 5.02. The lowest BCUT2D eigenvalue weighted by atomic mass is 9.98. The van der Waals surface area contributed by atoms with Crippen LogP contribution >= 0.6 is 0 Å². The molecule has 0 aromatic heterocycles. The molecule has 0 spiro atoms. The molecule has 2 atom stereocenters. The number of rotatable bonds is 13. The van der Waals surface area contributed by atoms with Gasteiger partial charge in [-0.2, -0.15) is 0 Å². The van der Waals surface area contributed by atoms with Crippen molar-refractivity contribution in [2.75, 3.05) is 39.3 Å². The molecule has 0 saturated heterocycles. The van der Waals surface area contributed by atoms with E-state index in [1.54, 1.807) is 14.2 Å². The normalized spacial score (nSPS) is 16.6. The van der Waals surface area contributed by atoms with E-state index in [1.165, 1.54) is 5.56 Å². The molecule has 2 unspecified atom stereocenters. The van der Waals surface area contributed by atoms with E-state index in [-0.39, 0.29) is 5.60 Å². The quantitative estimate of drug-likeness (QED) is 0.249. The average molecular weight is 545 g/mol. The Morgan fingerprint density at radius 3 is 2.33 bits per heavy atom. The molecule has 1 N–H and O–H groups in total. The molecule has 0 aliphatic carbocycles. The highest BCUT2D eigenvalue weighted by molar-refractivity contribution is 5.70. The van der Waals surface area contributed by atoms with Gasteiger partial charge in [0.25, 0.3) is 0 Å². The van der Waals surface area contributed by atoms with Crippen molar-refractivity contribution >= 4 is 11.8 Å². The van der Waals surface area contributed by atoms with E-state index < -0.39 is 0 Å². The number of hydrogen-bond donors (Lipinski definition) is 1. The predicted octanol–water partition coefficient (Wildman–Crippen LogP) is 7.03. The maximum Gasteiger partial charge on any atom is 0.137 e. The molecule has 4 rings (SSSR count). The Morgan fingerprint density at radius 2 is 1.70 bits per heavy atom. The van der Waals surface area contributed by atoms with Gasteiger partial charge in [0.05, 0.1) is 32.9 Å². The molecule has 1 heterocycles. The largest absolute Gasteiger partial charge is 0.496 e. The van der Waals surface area contributed by atoms with E-state index in [0.717, 1.165) is 64.9 Å². The monoisotopic (exact) mass is 544 g/mol. The maximum atomic E-state index is 6.42. The number of benzene rings is 3. The van der Waals surface area contributed by atoms with E-state index in [9.17, 15) is 0 Å². The number of hydrogen-bond acceptors (Lipinski definition) is 6. The fourth-order valence-electron chi connectivity index (χ4n) is 5.02. The summed E-state index contributed by atoms with van der Waals surface area (Å²) in [5.74, 6) is 3.62. The van der Waals surface area contributed by atoms with Gasteiger partial charge >= 0.3 is 0 Å². The van der Waals surface area contributed by atoms with Crippen molar-refractivity contribution < 1.29 is 18.9 Å². The summed E-state index contributed by atoms with van der Waals surface area (Å²) in [6.45, 7) is 11.3. The third-order valence-electron chi connectivity index (χ3n) is 7.53. The summed E-state index contributed by atoms with van der Waals surface area (Å²) in [6, 6.07) is 18.9. The van der Waals surface area contributed by atoms with E-state index in [4.69, 9.17) is 18.9 Å². The molecule has 3 aromatic carbocycles. The summed E-state index contributed by atoms with van der Waals surface area (Å²) in [7, 11) is 5.35. The molecular formula is C34H44N2O4. The van der Waals surface area contributed by atoms with Crippen molar-refractivity contribution in [3.05, 3.63) is 82.9 Å². The first-order valence-corrected chi connectivity index (χ1v) is 14.1. The molecule has 214 valence electrons. The molecule has 0 bridgehead atoms. The second-order valence-electron chi connectivity index (χ2n) is 10.9. The molecule has 6 nitrogen and oxygen atoms in total. The van der Waals surface area contributed by atoms with Gasteiger partial charge in [0.1, 0.15) is 28.6 Å². The van der Waals surface area contributed by atoms with Crippen LogP contribution in [0.1, 0.15) is 49.4 Å². The number of anilines is 1. The van der Waals surface area contributed by atoms with Crippen molar-refractivity contribution in [2.45, 2.75) is 52.8 Å². The van der Waals surface area contributed by atoms with Gasteiger partial charge in [-0.3, -0.25) is 0 Å². The minimum atomic E-state index is -0.376. The Bertz CT molecular complexity index is 1280. The van der Waals surface area contributed by atoms with Crippen LogP contribution in [0, 0.1) is 12.8 Å². The predicted molar refractivity (Wildman–Crippen MR) is 164 cm³/mol. The summed E-state index contributed by atoms with van der Waals surface area (Å²) < 4.78 is 24.3. The molecule has 0 radical (unpaired) electrons. The molecule has 0 fully saturated rings. The van der Waals surface area contributed by atoms with Gasteiger partial charge in [-0.15, -0.1) is 0 Å². The van der Waals surface area contributed by atoms with Gasteiger partial charge in [-0.05, 0) is 56.1 Å². The number of ether oxygens (including phenoxy) is 4. The standard InChI is InChI=1S/C34H44N2O4/c1-8-24(2)22-39-28-18-32(37-6)29(33(19-28)38-7)21-36(20-26-12-10-9-11-13-26)30-17-27-14-15-34(4,23-35-5)40-31(27)16-25(30)3/h9-19,24,35H,8,20-23H2,1-7H3. The fraction of sp³-hybridized carbons (Fsp3) is 0.412. The van der Waals surface area contributed by atoms with Crippen molar-refractivity contribution in [3.63, 3.8) is 0 Å². The lowest BCUT2D eigenvalue weighted by Gasteiger charge is -2.34. The number of likely N-dealkylation sites (N-methyl/N-ethyl adjacent to an activating group) is 1. The summed E-state index contributed by atoms with van der Waals surface area (Å²) in [6.07, 6.45) is 5.37. The van der Waals surface area contributed by atoms with Gasteiger partial charge in [-0.1, -0.05) is 56.7 Å². The highest BCUT2D eigenvalue weighted by atomic mass is 16.5. The van der Waals surface area contributed by atoms with E-state index in [0.29, 0.717) is 19.1 Å². The van der Waals surface area contributed by atoms with Crippen LogP contribution in [0.25, 0.3) is 6.08 Å². The van der Waals surface area contributed by atoms with Crippen LogP contribution in [-0.2, 0) is 13.1 Å². The smallest absolute Gasteiger partial charge is 0.137 e. The van der Waals surface area contributed by atoms with E-state index in [1.807, 2.05) is 25.2 Å². The first-order valence-electron chi connectivity index (χ1n) is 14.1. The highest BCUT2D eigenvalue weighted by Crippen LogP contribution is 2.40. The molecule has 1 aliphatic rings. The minimum Gasteiger partial charge on any atom is -0.496 e. The van der Waals surface area contributed by atoms with E-state index >= 15 is 0 Å². The van der Waals surface area contributed by atoms with Crippen LogP contribution in [-0.4, -0.2) is 40.0 Å². The van der Waals surface area contributed by atoms with Crippen LogP contribution in [0.2, 0.25) is 0 Å². The summed E-state index contributed by atoms with van der Waals surface area (Å²) in [5.41, 5.74) is 5.16. The summed E-state index contributed by atoms with van der Waals surface area (Å²) in [5, 5.41) is 3.23. The average Bonchev–Trinajstić information content (AvgIpc) is 2.95. The van der Waals surface area contributed by atoms with Crippen LogP contribution in [0.5, 0.6) is 23.0 Å². The molecule has 0 saturated carbocycles. The van der Waals surface area contributed by atoms with Crippen LogP contribution in [0.4, 0.5) is 5.69 Å². The Hall–Kier alpha value is -3.64. The van der Waals surface area contributed by atoms with Gasteiger partial charge < -0.3 is 29.2 Å². The van der Waals surface area contributed by atoms with Gasteiger partial charge in [0.15, 0.2) is 0 Å². The van der Waals surface area contributed by atoms with Gasteiger partial charge in [0, 0.05) is 36.5 Å². The molecular weight excluding hydrogens is 500 g/mol. The summed E-state index contributed by atoms with van der Waals surface area (Å²) >= 11 is 0. The zero-order chi connectivity index (χ0) is 28.7. The zero-order valence-corrected chi connectivity index (χ0v) is 25.0. The Balaban J connectivity index is 1.73. The summed E-state index contributed by atoms with van der Waals surface area (Å²) in [4.78, 5) is 2.38. The Labute approximate surface area is 239 Å². The molecule has 3 aromatic rings. The van der Waals surface area contributed by atoms with Crippen molar-refractivity contribution in [2.24, 2.45) is 5.92 Å². The second-order valence-corrected chi connectivity index (χ2v) is 10.9. The van der Waals surface area contributed by atoms with Gasteiger partial charge in [-0.25, -0.2) is 0 Å². The van der Waals surface area contributed by atoms with Crippen molar-refractivity contribution in [3.8, 4) is 23.0 Å². The zero-order valence-electron chi connectivity index (χ0n) is 25.0. The number of nitrogens with zero attached hydrogens (tertiary/aromatic N) is 1. The lowest BCUT2D eigenvalue weighted by molar-refractivity contribution is 0.138. The van der Waals surface area contributed by atoms with Gasteiger partial charge in [0.2, 0.25) is 0 Å². The molecule has 1 aliphatic heterocycles. The molecule has 0 amide bonds. The number of methoxy groups -OCH3 is 2.